The van der Waals surface area contributed by atoms with E-state index in [0.717, 1.165) is 33.8 Å². The minimum atomic E-state index is -0.403. The number of nitriles is 1. The predicted octanol–water partition coefficient (Wildman–Crippen LogP) is 6.17. The van der Waals surface area contributed by atoms with E-state index in [2.05, 4.69) is 63.7 Å². The zero-order valence-corrected chi connectivity index (χ0v) is 20.0. The number of carbonyl (C=O) groups is 1. The van der Waals surface area contributed by atoms with E-state index in [1.807, 2.05) is 52.0 Å². The van der Waals surface area contributed by atoms with Crippen molar-refractivity contribution in [3.05, 3.63) is 85.2 Å². The van der Waals surface area contributed by atoms with Gasteiger partial charge in [-0.2, -0.15) is 5.26 Å². The van der Waals surface area contributed by atoms with Crippen LogP contribution in [0.3, 0.4) is 0 Å². The van der Waals surface area contributed by atoms with Crippen LogP contribution in [0.1, 0.15) is 33.6 Å². The Labute approximate surface area is 191 Å². The van der Waals surface area contributed by atoms with E-state index < -0.39 is 5.91 Å². The van der Waals surface area contributed by atoms with Crippen molar-refractivity contribution in [3.63, 3.8) is 0 Å². The lowest BCUT2D eigenvalue weighted by Gasteiger charge is -2.11. The van der Waals surface area contributed by atoms with Crippen molar-refractivity contribution in [1.29, 1.82) is 5.26 Å². The van der Waals surface area contributed by atoms with Gasteiger partial charge in [0.1, 0.15) is 11.6 Å². The van der Waals surface area contributed by atoms with Crippen LogP contribution in [0.25, 0.3) is 11.8 Å². The summed E-state index contributed by atoms with van der Waals surface area (Å²) in [4.78, 5) is 12.7. The molecule has 5 heteroatoms. The van der Waals surface area contributed by atoms with Gasteiger partial charge in [-0.1, -0.05) is 17.7 Å². The van der Waals surface area contributed by atoms with Crippen molar-refractivity contribution >= 4 is 40.3 Å². The maximum Gasteiger partial charge on any atom is 0.266 e. The summed E-state index contributed by atoms with van der Waals surface area (Å²) in [6.45, 7) is 10.1. The third-order valence-electron chi connectivity index (χ3n) is 5.17. The molecule has 0 fully saturated rings. The normalized spacial score (nSPS) is 11.3. The van der Waals surface area contributed by atoms with Crippen molar-refractivity contribution in [2.45, 2.75) is 34.6 Å². The van der Waals surface area contributed by atoms with E-state index in [9.17, 15) is 10.1 Å². The van der Waals surface area contributed by atoms with Gasteiger partial charge in [-0.05, 0) is 110 Å². The maximum atomic E-state index is 12.7. The van der Waals surface area contributed by atoms with Crippen LogP contribution in [-0.4, -0.2) is 10.5 Å². The van der Waals surface area contributed by atoms with E-state index in [1.54, 1.807) is 6.08 Å². The van der Waals surface area contributed by atoms with Crippen LogP contribution in [0.4, 0.5) is 5.69 Å². The molecule has 30 heavy (non-hydrogen) atoms. The molecule has 0 spiro atoms. The SMILES string of the molecule is Cc1ccc(NC(=O)/C(C#N)=C\c2cc(C)n(-c3ccc(I)c(C)c3)c2C)c(C)c1. The number of aromatic nitrogens is 1. The smallest absolute Gasteiger partial charge is 0.266 e. The summed E-state index contributed by atoms with van der Waals surface area (Å²) in [6, 6.07) is 16.2. The standard InChI is InChI=1S/C25H24IN3O/c1-15-6-9-24(17(3)10-15)28-25(30)21(14-27)13-20-12-18(4)29(19(20)5)22-7-8-23(26)16(2)11-22/h6-13H,1-5H3,(H,28,30)/b21-13-. The van der Waals surface area contributed by atoms with Crippen molar-refractivity contribution < 1.29 is 4.79 Å². The Hall–Kier alpha value is -2.85. The number of hydrogen-bond acceptors (Lipinski definition) is 2. The molecule has 0 aliphatic rings. The first-order valence-electron chi connectivity index (χ1n) is 9.67. The van der Waals surface area contributed by atoms with E-state index in [0.29, 0.717) is 5.69 Å². The molecule has 1 aromatic heterocycles. The zero-order valence-electron chi connectivity index (χ0n) is 17.8. The molecule has 3 rings (SSSR count). The van der Waals surface area contributed by atoms with Crippen LogP contribution in [0.5, 0.6) is 0 Å². The highest BCUT2D eigenvalue weighted by Crippen LogP contribution is 2.25. The molecule has 1 amide bonds. The molecule has 4 nitrogen and oxygen atoms in total. The second-order valence-electron chi connectivity index (χ2n) is 7.54. The average Bonchev–Trinajstić information content (AvgIpc) is 2.97. The molecule has 0 atom stereocenters. The summed E-state index contributed by atoms with van der Waals surface area (Å²) in [5.74, 6) is -0.403. The second kappa shape index (κ2) is 8.88. The third-order valence-corrected chi connectivity index (χ3v) is 6.38. The number of anilines is 1. The Morgan fingerprint density at radius 2 is 1.77 bits per heavy atom. The third kappa shape index (κ3) is 4.49. The molecule has 1 N–H and O–H groups in total. The van der Waals surface area contributed by atoms with Gasteiger partial charge in [-0.25, -0.2) is 0 Å². The lowest BCUT2D eigenvalue weighted by molar-refractivity contribution is -0.112. The first-order chi connectivity index (χ1) is 14.2. The minimum Gasteiger partial charge on any atom is -0.321 e. The minimum absolute atomic E-state index is 0.0778. The topological polar surface area (TPSA) is 57.8 Å². The van der Waals surface area contributed by atoms with Gasteiger partial charge in [-0.3, -0.25) is 4.79 Å². The molecule has 0 radical (unpaired) electrons. The number of carbonyl (C=O) groups excluding carboxylic acids is 1. The molecule has 0 aliphatic carbocycles. The first kappa shape index (κ1) is 21.8. The summed E-state index contributed by atoms with van der Waals surface area (Å²) in [7, 11) is 0. The van der Waals surface area contributed by atoms with Crippen molar-refractivity contribution in [2.75, 3.05) is 5.32 Å². The van der Waals surface area contributed by atoms with Crippen LogP contribution < -0.4 is 5.32 Å². The van der Waals surface area contributed by atoms with E-state index in [4.69, 9.17) is 0 Å². The molecule has 0 bridgehead atoms. The van der Waals surface area contributed by atoms with Gasteiger partial charge in [0, 0.05) is 26.3 Å². The number of hydrogen-bond donors (Lipinski definition) is 1. The molecule has 0 saturated heterocycles. The van der Waals surface area contributed by atoms with E-state index >= 15 is 0 Å². The van der Waals surface area contributed by atoms with Gasteiger partial charge in [-0.15, -0.1) is 0 Å². The highest BCUT2D eigenvalue weighted by molar-refractivity contribution is 14.1. The van der Waals surface area contributed by atoms with Gasteiger partial charge < -0.3 is 9.88 Å². The number of amides is 1. The van der Waals surface area contributed by atoms with Crippen LogP contribution >= 0.6 is 22.6 Å². The highest BCUT2D eigenvalue weighted by Gasteiger charge is 2.15. The Morgan fingerprint density at radius 3 is 2.40 bits per heavy atom. The molecule has 0 unspecified atom stereocenters. The molecular weight excluding hydrogens is 485 g/mol. The van der Waals surface area contributed by atoms with Crippen molar-refractivity contribution in [2.24, 2.45) is 0 Å². The summed E-state index contributed by atoms with van der Waals surface area (Å²) in [5.41, 5.74) is 8.06. The molecule has 0 saturated carbocycles. The highest BCUT2D eigenvalue weighted by atomic mass is 127. The van der Waals surface area contributed by atoms with Gasteiger partial charge in [0.25, 0.3) is 5.91 Å². The van der Waals surface area contributed by atoms with Gasteiger partial charge in [0.05, 0.1) is 0 Å². The predicted molar refractivity (Wildman–Crippen MR) is 131 cm³/mol. The Balaban J connectivity index is 1.95. The lowest BCUT2D eigenvalue weighted by Crippen LogP contribution is -2.14. The molecular formula is C25H24IN3O. The number of halogens is 1. The monoisotopic (exact) mass is 509 g/mol. The lowest BCUT2D eigenvalue weighted by atomic mass is 10.1. The molecule has 152 valence electrons. The molecule has 3 aromatic rings. The number of aryl methyl sites for hydroxylation is 4. The fraction of sp³-hybridized carbons (Fsp3) is 0.200. The zero-order chi connectivity index (χ0) is 22.0. The van der Waals surface area contributed by atoms with Crippen LogP contribution in [-0.2, 0) is 4.79 Å². The Morgan fingerprint density at radius 1 is 1.03 bits per heavy atom. The summed E-state index contributed by atoms with van der Waals surface area (Å²) in [5, 5.41) is 12.5. The number of benzene rings is 2. The van der Waals surface area contributed by atoms with Crippen molar-refractivity contribution in [1.82, 2.24) is 4.57 Å². The number of nitrogens with zero attached hydrogens (tertiary/aromatic N) is 2. The fourth-order valence-electron chi connectivity index (χ4n) is 3.55. The second-order valence-corrected chi connectivity index (χ2v) is 8.70. The van der Waals surface area contributed by atoms with E-state index in [-0.39, 0.29) is 5.57 Å². The Kier molecular flexibility index (Phi) is 6.47. The summed E-state index contributed by atoms with van der Waals surface area (Å²) >= 11 is 2.32. The summed E-state index contributed by atoms with van der Waals surface area (Å²) < 4.78 is 3.36. The fourth-order valence-corrected chi connectivity index (χ4v) is 3.88. The average molecular weight is 509 g/mol. The van der Waals surface area contributed by atoms with E-state index in [1.165, 1.54) is 9.13 Å². The van der Waals surface area contributed by atoms with Gasteiger partial charge in [0.2, 0.25) is 0 Å². The maximum absolute atomic E-state index is 12.7. The number of rotatable bonds is 4. The summed E-state index contributed by atoms with van der Waals surface area (Å²) in [6.07, 6.45) is 1.66. The van der Waals surface area contributed by atoms with Gasteiger partial charge in [0.15, 0.2) is 0 Å². The Bertz CT molecular complexity index is 1210. The van der Waals surface area contributed by atoms with Crippen LogP contribution in [0, 0.1) is 49.5 Å². The number of nitrogens with one attached hydrogen (secondary N) is 1. The quantitative estimate of drug-likeness (QED) is 0.260. The first-order valence-corrected chi connectivity index (χ1v) is 10.7. The largest absolute Gasteiger partial charge is 0.321 e. The van der Waals surface area contributed by atoms with Gasteiger partial charge >= 0.3 is 0 Å². The van der Waals surface area contributed by atoms with Crippen LogP contribution in [0.15, 0.2) is 48.0 Å². The molecule has 0 aliphatic heterocycles. The van der Waals surface area contributed by atoms with Crippen LogP contribution in [0.2, 0.25) is 0 Å². The molecule has 2 aromatic carbocycles. The molecule has 1 heterocycles. The van der Waals surface area contributed by atoms with Crippen molar-refractivity contribution in [3.8, 4) is 11.8 Å².